The summed E-state index contributed by atoms with van der Waals surface area (Å²) in [6.45, 7) is -0.237. The zero-order valence-electron chi connectivity index (χ0n) is 7.10. The Kier molecular flexibility index (Phi) is 1.94. The molecule has 0 atom stereocenters. The van der Waals surface area contributed by atoms with Gasteiger partial charge < -0.3 is 14.7 Å². The van der Waals surface area contributed by atoms with Gasteiger partial charge in [0, 0.05) is 0 Å². The van der Waals surface area contributed by atoms with Crippen LogP contribution < -0.4 is 0 Å². The molecule has 72 valence electrons. The van der Waals surface area contributed by atoms with Crippen LogP contribution in [0.2, 0.25) is 0 Å². The van der Waals surface area contributed by atoms with Crippen LogP contribution in [-0.4, -0.2) is 21.3 Å². The van der Waals surface area contributed by atoms with Crippen LogP contribution in [0, 0.1) is 0 Å². The Labute approximate surface area is 78.6 Å². The maximum absolute atomic E-state index is 10.7. The molecule has 14 heavy (non-hydrogen) atoms. The molecule has 1 aromatic heterocycles. The Morgan fingerprint density at radius 1 is 1.50 bits per heavy atom. The van der Waals surface area contributed by atoms with Gasteiger partial charge in [-0.15, -0.1) is 0 Å². The maximum atomic E-state index is 10.7. The highest BCUT2D eigenvalue weighted by Gasteiger charge is 2.17. The van der Waals surface area contributed by atoms with E-state index in [0.29, 0.717) is 16.5 Å². The highest BCUT2D eigenvalue weighted by Crippen LogP contribution is 2.22. The van der Waals surface area contributed by atoms with E-state index < -0.39 is 5.97 Å². The minimum atomic E-state index is -1.19. The molecule has 5 heteroatoms. The average Bonchev–Trinajstić information content (AvgIpc) is 2.60. The third kappa shape index (κ3) is 1.14. The van der Waals surface area contributed by atoms with Gasteiger partial charge in [-0.05, 0) is 11.6 Å². The van der Waals surface area contributed by atoms with Gasteiger partial charge in [-0.3, -0.25) is 0 Å². The molecule has 0 aliphatic carbocycles. The van der Waals surface area contributed by atoms with Gasteiger partial charge in [0.15, 0.2) is 0 Å². The number of carboxylic acids is 1. The molecule has 0 unspecified atom stereocenters. The van der Waals surface area contributed by atoms with Crippen molar-refractivity contribution >= 4 is 16.9 Å². The minimum Gasteiger partial charge on any atom is -0.475 e. The summed E-state index contributed by atoms with van der Waals surface area (Å²) in [5.41, 5.74) is 0.940. The summed E-state index contributed by atoms with van der Waals surface area (Å²) < 4.78 is 4.66. The number of aliphatic hydroxyl groups is 1. The van der Waals surface area contributed by atoms with Crippen molar-refractivity contribution in [3.8, 4) is 0 Å². The second kappa shape index (κ2) is 3.12. The number of benzene rings is 1. The van der Waals surface area contributed by atoms with Crippen LogP contribution in [0.5, 0.6) is 0 Å². The molecule has 0 saturated carbocycles. The molecule has 1 heterocycles. The van der Waals surface area contributed by atoms with Gasteiger partial charge in [-0.2, -0.15) is 0 Å². The second-order valence-corrected chi connectivity index (χ2v) is 2.79. The molecule has 0 bridgehead atoms. The standard InChI is InChI=1S/C9H7NO4/c11-4-5-2-1-3-6-7(5)8(9(12)13)14-10-6/h1-3,11H,4H2,(H,12,13). The van der Waals surface area contributed by atoms with Crippen molar-refractivity contribution in [2.75, 3.05) is 0 Å². The van der Waals surface area contributed by atoms with E-state index in [4.69, 9.17) is 10.2 Å². The SMILES string of the molecule is O=C(O)c1onc2cccc(CO)c12. The van der Waals surface area contributed by atoms with Crippen molar-refractivity contribution in [2.45, 2.75) is 6.61 Å². The van der Waals surface area contributed by atoms with Crippen molar-refractivity contribution in [1.29, 1.82) is 0 Å². The van der Waals surface area contributed by atoms with Crippen LogP contribution in [0.1, 0.15) is 16.1 Å². The summed E-state index contributed by atoms with van der Waals surface area (Å²) in [5, 5.41) is 21.7. The number of aromatic carboxylic acids is 1. The van der Waals surface area contributed by atoms with E-state index >= 15 is 0 Å². The number of hydrogen-bond donors (Lipinski definition) is 2. The van der Waals surface area contributed by atoms with E-state index in [1.807, 2.05) is 0 Å². The lowest BCUT2D eigenvalue weighted by Gasteiger charge is -1.96. The lowest BCUT2D eigenvalue weighted by Crippen LogP contribution is -1.96. The molecule has 0 spiro atoms. The van der Waals surface area contributed by atoms with Crippen molar-refractivity contribution in [1.82, 2.24) is 5.16 Å². The first-order valence-corrected chi connectivity index (χ1v) is 3.95. The fourth-order valence-electron chi connectivity index (χ4n) is 1.34. The Hall–Kier alpha value is -1.88. The Morgan fingerprint density at radius 3 is 2.93 bits per heavy atom. The normalized spacial score (nSPS) is 10.6. The summed E-state index contributed by atoms with van der Waals surface area (Å²) in [4.78, 5) is 10.7. The predicted octanol–water partition coefficient (Wildman–Crippen LogP) is 1.02. The zero-order valence-corrected chi connectivity index (χ0v) is 7.10. The molecular weight excluding hydrogens is 186 g/mol. The Balaban J connectivity index is 2.81. The molecule has 2 N–H and O–H groups in total. The quantitative estimate of drug-likeness (QED) is 0.743. The van der Waals surface area contributed by atoms with Crippen molar-refractivity contribution in [3.05, 3.63) is 29.5 Å². The van der Waals surface area contributed by atoms with Gasteiger partial charge in [0.1, 0.15) is 5.52 Å². The molecule has 0 aliphatic rings. The van der Waals surface area contributed by atoms with Crippen molar-refractivity contribution in [3.63, 3.8) is 0 Å². The van der Waals surface area contributed by atoms with Crippen molar-refractivity contribution < 1.29 is 19.5 Å². The van der Waals surface area contributed by atoms with Gasteiger partial charge >= 0.3 is 5.97 Å². The van der Waals surface area contributed by atoms with Gasteiger partial charge in [0.05, 0.1) is 12.0 Å². The summed E-state index contributed by atoms with van der Waals surface area (Å²) in [6, 6.07) is 4.94. The third-order valence-electron chi connectivity index (χ3n) is 1.96. The molecule has 5 nitrogen and oxygen atoms in total. The Morgan fingerprint density at radius 2 is 2.29 bits per heavy atom. The van der Waals surface area contributed by atoms with Crippen LogP contribution in [0.25, 0.3) is 10.9 Å². The molecule has 0 radical (unpaired) electrons. The first kappa shape index (κ1) is 8.71. The van der Waals surface area contributed by atoms with Crippen LogP contribution in [0.4, 0.5) is 0 Å². The largest absolute Gasteiger partial charge is 0.475 e. The van der Waals surface area contributed by atoms with E-state index in [2.05, 4.69) is 9.68 Å². The first-order valence-electron chi connectivity index (χ1n) is 3.95. The van der Waals surface area contributed by atoms with Gasteiger partial charge in [-0.1, -0.05) is 17.3 Å². The van der Waals surface area contributed by atoms with Crippen molar-refractivity contribution in [2.24, 2.45) is 0 Å². The molecule has 0 aliphatic heterocycles. The fraction of sp³-hybridized carbons (Fsp3) is 0.111. The van der Waals surface area contributed by atoms with E-state index in [0.717, 1.165) is 0 Å². The molecule has 0 fully saturated rings. The van der Waals surface area contributed by atoms with Crippen LogP contribution in [-0.2, 0) is 6.61 Å². The summed E-state index contributed by atoms with van der Waals surface area (Å²) >= 11 is 0. The monoisotopic (exact) mass is 193 g/mol. The van der Waals surface area contributed by atoms with E-state index in [-0.39, 0.29) is 12.4 Å². The first-order chi connectivity index (χ1) is 6.74. The van der Waals surface area contributed by atoms with Crippen LogP contribution >= 0.6 is 0 Å². The van der Waals surface area contributed by atoms with Gasteiger partial charge in [-0.25, -0.2) is 4.79 Å². The number of hydrogen-bond acceptors (Lipinski definition) is 4. The second-order valence-electron chi connectivity index (χ2n) is 2.79. The van der Waals surface area contributed by atoms with Gasteiger partial charge in [0.2, 0.25) is 0 Å². The number of aromatic nitrogens is 1. The van der Waals surface area contributed by atoms with E-state index in [9.17, 15) is 4.79 Å². The number of nitrogens with zero attached hydrogens (tertiary/aromatic N) is 1. The van der Waals surface area contributed by atoms with E-state index in [1.165, 1.54) is 0 Å². The summed E-state index contributed by atoms with van der Waals surface area (Å²) in [5.74, 6) is -1.42. The zero-order chi connectivity index (χ0) is 10.1. The molecular formula is C9H7NO4. The summed E-state index contributed by atoms with van der Waals surface area (Å²) in [6.07, 6.45) is 0. The molecule has 2 aromatic rings. The molecule has 1 aromatic carbocycles. The number of carbonyl (C=O) groups is 1. The molecule has 0 amide bonds. The van der Waals surface area contributed by atoms with Crippen LogP contribution in [0.15, 0.2) is 22.7 Å². The number of rotatable bonds is 2. The lowest BCUT2D eigenvalue weighted by molar-refractivity contribution is 0.0655. The highest BCUT2D eigenvalue weighted by molar-refractivity contribution is 6.01. The smallest absolute Gasteiger partial charge is 0.375 e. The van der Waals surface area contributed by atoms with Crippen LogP contribution in [0.3, 0.4) is 0 Å². The third-order valence-corrected chi connectivity index (χ3v) is 1.96. The number of aliphatic hydroxyl groups excluding tert-OH is 1. The highest BCUT2D eigenvalue weighted by atomic mass is 16.5. The maximum Gasteiger partial charge on any atom is 0.375 e. The fourth-order valence-corrected chi connectivity index (χ4v) is 1.34. The summed E-state index contributed by atoms with van der Waals surface area (Å²) in [7, 11) is 0. The molecule has 2 rings (SSSR count). The average molecular weight is 193 g/mol. The number of fused-ring (bicyclic) bond motifs is 1. The lowest BCUT2D eigenvalue weighted by atomic mass is 10.1. The van der Waals surface area contributed by atoms with E-state index in [1.54, 1.807) is 18.2 Å². The Bertz CT molecular complexity index is 489. The van der Waals surface area contributed by atoms with Gasteiger partial charge in [0.25, 0.3) is 5.76 Å². The predicted molar refractivity (Wildman–Crippen MR) is 46.9 cm³/mol. The molecule has 0 saturated heterocycles. The number of carboxylic acid groups (broad SMARTS) is 1. The topological polar surface area (TPSA) is 83.6 Å². The minimum absolute atomic E-state index is 0.232.